The number of amides is 1. The number of hydrogen-bond acceptors (Lipinski definition) is 6. The largest absolute Gasteiger partial charge is 0.491 e. The van der Waals surface area contributed by atoms with Gasteiger partial charge in [-0.1, -0.05) is 0 Å². The summed E-state index contributed by atoms with van der Waals surface area (Å²) in [6.45, 7) is 6.30. The van der Waals surface area contributed by atoms with Crippen molar-refractivity contribution in [1.82, 2.24) is 15.0 Å². The van der Waals surface area contributed by atoms with Crippen molar-refractivity contribution in [3.05, 3.63) is 71.8 Å². The number of anilines is 2. The minimum absolute atomic E-state index is 0.0995. The zero-order chi connectivity index (χ0) is 19.9. The van der Waals surface area contributed by atoms with Crippen LogP contribution in [0.5, 0.6) is 5.75 Å². The first-order chi connectivity index (χ1) is 13.5. The SMILES string of the molecule is Cc1cc(C(=O)Nc2ccc(OC(C)C)cc2)nc(NCc2ccncc2)n1. The number of carbonyl (C=O) groups is 1. The minimum atomic E-state index is -0.296. The van der Waals surface area contributed by atoms with Crippen LogP contribution in [0.2, 0.25) is 0 Å². The number of hydrogen-bond donors (Lipinski definition) is 2. The molecule has 0 fully saturated rings. The average molecular weight is 377 g/mol. The Labute approximate surface area is 164 Å². The molecule has 0 atom stereocenters. The Kier molecular flexibility index (Phi) is 6.16. The van der Waals surface area contributed by atoms with Gasteiger partial charge in [-0.15, -0.1) is 0 Å². The number of aryl methyl sites for hydroxylation is 1. The number of ether oxygens (including phenoxy) is 1. The van der Waals surface area contributed by atoms with Crippen LogP contribution in [-0.2, 0) is 6.54 Å². The highest BCUT2D eigenvalue weighted by Gasteiger charge is 2.11. The van der Waals surface area contributed by atoms with Gasteiger partial charge in [-0.2, -0.15) is 0 Å². The van der Waals surface area contributed by atoms with Crippen molar-refractivity contribution >= 4 is 17.5 Å². The second-order valence-corrected chi connectivity index (χ2v) is 6.57. The molecule has 7 heteroatoms. The number of benzene rings is 1. The van der Waals surface area contributed by atoms with Gasteiger partial charge in [0, 0.05) is 30.3 Å². The standard InChI is InChI=1S/C21H23N5O2/c1-14(2)28-18-6-4-17(5-7-18)25-20(27)19-12-15(3)24-21(26-19)23-13-16-8-10-22-11-9-16/h4-12,14H,13H2,1-3H3,(H,25,27)(H,23,24,26). The quantitative estimate of drug-likeness (QED) is 0.650. The number of nitrogens with zero attached hydrogens (tertiary/aromatic N) is 3. The van der Waals surface area contributed by atoms with Gasteiger partial charge in [0.05, 0.1) is 6.10 Å². The van der Waals surface area contributed by atoms with Crippen molar-refractivity contribution in [3.8, 4) is 5.75 Å². The Hall–Kier alpha value is -3.48. The van der Waals surface area contributed by atoms with E-state index in [4.69, 9.17) is 4.74 Å². The van der Waals surface area contributed by atoms with Crippen LogP contribution in [0, 0.1) is 6.92 Å². The lowest BCUT2D eigenvalue weighted by Gasteiger charge is -2.11. The molecule has 0 aliphatic carbocycles. The lowest BCUT2D eigenvalue weighted by molar-refractivity contribution is 0.102. The summed E-state index contributed by atoms with van der Waals surface area (Å²) in [6, 6.07) is 12.7. The third kappa shape index (κ3) is 5.51. The normalized spacial score (nSPS) is 10.6. The summed E-state index contributed by atoms with van der Waals surface area (Å²) >= 11 is 0. The van der Waals surface area contributed by atoms with Gasteiger partial charge in [0.25, 0.3) is 5.91 Å². The highest BCUT2D eigenvalue weighted by Crippen LogP contribution is 2.18. The maximum atomic E-state index is 12.6. The van der Waals surface area contributed by atoms with E-state index in [1.54, 1.807) is 30.6 Å². The van der Waals surface area contributed by atoms with Gasteiger partial charge >= 0.3 is 0 Å². The molecule has 0 radical (unpaired) electrons. The van der Waals surface area contributed by atoms with E-state index in [-0.39, 0.29) is 12.0 Å². The monoisotopic (exact) mass is 377 g/mol. The zero-order valence-corrected chi connectivity index (χ0v) is 16.1. The van der Waals surface area contributed by atoms with Crippen LogP contribution in [0.3, 0.4) is 0 Å². The molecule has 2 N–H and O–H groups in total. The van der Waals surface area contributed by atoms with Crippen LogP contribution >= 0.6 is 0 Å². The van der Waals surface area contributed by atoms with Crippen LogP contribution < -0.4 is 15.4 Å². The van der Waals surface area contributed by atoms with Gasteiger partial charge in [-0.05, 0) is 68.8 Å². The molecule has 1 aromatic carbocycles. The van der Waals surface area contributed by atoms with Gasteiger partial charge in [-0.25, -0.2) is 9.97 Å². The van der Waals surface area contributed by atoms with Crippen molar-refractivity contribution < 1.29 is 9.53 Å². The highest BCUT2D eigenvalue weighted by atomic mass is 16.5. The molecule has 3 rings (SSSR count). The van der Waals surface area contributed by atoms with E-state index >= 15 is 0 Å². The Morgan fingerprint density at radius 2 is 1.79 bits per heavy atom. The van der Waals surface area contributed by atoms with Crippen LogP contribution in [0.1, 0.15) is 35.6 Å². The molecule has 7 nitrogen and oxygen atoms in total. The summed E-state index contributed by atoms with van der Waals surface area (Å²) in [5, 5.41) is 5.99. The van der Waals surface area contributed by atoms with E-state index in [0.29, 0.717) is 29.6 Å². The van der Waals surface area contributed by atoms with Crippen molar-refractivity contribution in [2.24, 2.45) is 0 Å². The third-order valence-electron chi connectivity index (χ3n) is 3.77. The average Bonchev–Trinajstić information content (AvgIpc) is 2.68. The van der Waals surface area contributed by atoms with E-state index in [1.807, 2.05) is 45.0 Å². The van der Waals surface area contributed by atoms with Crippen molar-refractivity contribution in [3.63, 3.8) is 0 Å². The minimum Gasteiger partial charge on any atom is -0.491 e. The first-order valence-corrected chi connectivity index (χ1v) is 9.06. The molecule has 28 heavy (non-hydrogen) atoms. The van der Waals surface area contributed by atoms with Crippen LogP contribution in [0.15, 0.2) is 54.9 Å². The molecule has 0 aliphatic heterocycles. The summed E-state index contributed by atoms with van der Waals surface area (Å²) in [7, 11) is 0. The predicted octanol–water partition coefficient (Wildman–Crippen LogP) is 3.83. The summed E-state index contributed by atoms with van der Waals surface area (Å²) in [6.07, 6.45) is 3.55. The molecule has 1 amide bonds. The molecule has 0 aliphatic rings. The van der Waals surface area contributed by atoms with E-state index in [2.05, 4.69) is 25.6 Å². The summed E-state index contributed by atoms with van der Waals surface area (Å²) in [5.41, 5.74) is 2.73. The van der Waals surface area contributed by atoms with Crippen molar-refractivity contribution in [1.29, 1.82) is 0 Å². The van der Waals surface area contributed by atoms with E-state index < -0.39 is 0 Å². The molecule has 3 aromatic rings. The topological polar surface area (TPSA) is 89.0 Å². The van der Waals surface area contributed by atoms with Gasteiger partial charge < -0.3 is 15.4 Å². The molecule has 0 unspecified atom stereocenters. The molecule has 144 valence electrons. The number of carbonyl (C=O) groups excluding carboxylic acids is 1. The molecule has 2 aromatic heterocycles. The fraction of sp³-hybridized carbons (Fsp3) is 0.238. The van der Waals surface area contributed by atoms with Gasteiger partial charge in [-0.3, -0.25) is 9.78 Å². The zero-order valence-electron chi connectivity index (χ0n) is 16.1. The van der Waals surface area contributed by atoms with E-state index in [1.165, 1.54) is 0 Å². The van der Waals surface area contributed by atoms with Gasteiger partial charge in [0.15, 0.2) is 0 Å². The number of rotatable bonds is 7. The van der Waals surface area contributed by atoms with E-state index in [9.17, 15) is 4.79 Å². The highest BCUT2D eigenvalue weighted by molar-refractivity contribution is 6.03. The fourth-order valence-corrected chi connectivity index (χ4v) is 2.53. The first kappa shape index (κ1) is 19.3. The number of pyridine rings is 1. The smallest absolute Gasteiger partial charge is 0.274 e. The predicted molar refractivity (Wildman–Crippen MR) is 108 cm³/mol. The Morgan fingerprint density at radius 3 is 2.46 bits per heavy atom. The molecule has 0 spiro atoms. The lowest BCUT2D eigenvalue weighted by Crippen LogP contribution is -2.16. The third-order valence-corrected chi connectivity index (χ3v) is 3.77. The van der Waals surface area contributed by atoms with Gasteiger partial charge in [0.1, 0.15) is 11.4 Å². The van der Waals surface area contributed by atoms with Crippen molar-refractivity contribution in [2.45, 2.75) is 33.4 Å². The molecular formula is C21H23N5O2. The van der Waals surface area contributed by atoms with Crippen LogP contribution in [-0.4, -0.2) is 27.0 Å². The second kappa shape index (κ2) is 8.94. The summed E-state index contributed by atoms with van der Waals surface area (Å²) in [4.78, 5) is 25.2. The maximum absolute atomic E-state index is 12.6. The Balaban J connectivity index is 1.66. The van der Waals surface area contributed by atoms with Crippen LogP contribution in [0.25, 0.3) is 0 Å². The number of nitrogens with one attached hydrogen (secondary N) is 2. The lowest BCUT2D eigenvalue weighted by atomic mass is 10.2. The molecular weight excluding hydrogens is 354 g/mol. The van der Waals surface area contributed by atoms with Crippen molar-refractivity contribution in [2.75, 3.05) is 10.6 Å². The molecule has 2 heterocycles. The molecule has 0 saturated carbocycles. The Morgan fingerprint density at radius 1 is 1.07 bits per heavy atom. The second-order valence-electron chi connectivity index (χ2n) is 6.57. The van der Waals surface area contributed by atoms with E-state index in [0.717, 1.165) is 11.3 Å². The Bertz CT molecular complexity index is 927. The molecule has 0 saturated heterocycles. The summed E-state index contributed by atoms with van der Waals surface area (Å²) in [5.74, 6) is 0.867. The fourth-order valence-electron chi connectivity index (χ4n) is 2.53. The molecule has 0 bridgehead atoms. The number of aromatic nitrogens is 3. The summed E-state index contributed by atoms with van der Waals surface area (Å²) < 4.78 is 5.61. The van der Waals surface area contributed by atoms with Crippen LogP contribution in [0.4, 0.5) is 11.6 Å². The van der Waals surface area contributed by atoms with Gasteiger partial charge in [0.2, 0.25) is 5.95 Å². The maximum Gasteiger partial charge on any atom is 0.274 e. The first-order valence-electron chi connectivity index (χ1n) is 9.06.